The fourth-order valence-corrected chi connectivity index (χ4v) is 2.40. The third-order valence-corrected chi connectivity index (χ3v) is 3.91. The van der Waals surface area contributed by atoms with Crippen molar-refractivity contribution in [3.05, 3.63) is 33.8 Å². The zero-order chi connectivity index (χ0) is 13.3. The fourth-order valence-electron chi connectivity index (χ4n) is 1.33. The molecule has 3 nitrogen and oxygen atoms in total. The first-order valence-corrected chi connectivity index (χ1v) is 6.38. The molecule has 18 heavy (non-hydrogen) atoms. The van der Waals surface area contributed by atoms with Crippen LogP contribution in [0.15, 0.2) is 12.1 Å². The van der Waals surface area contributed by atoms with Crippen molar-refractivity contribution < 1.29 is 8.78 Å². The zero-order valence-electron chi connectivity index (χ0n) is 9.67. The molecule has 0 saturated heterocycles. The Morgan fingerprint density at radius 2 is 2.00 bits per heavy atom. The van der Waals surface area contributed by atoms with E-state index in [1.165, 1.54) is 11.3 Å². The number of hydrogen-bond donors (Lipinski definition) is 1. The van der Waals surface area contributed by atoms with E-state index in [0.29, 0.717) is 10.0 Å². The molecule has 0 fully saturated rings. The van der Waals surface area contributed by atoms with Gasteiger partial charge in [-0.1, -0.05) is 22.9 Å². The summed E-state index contributed by atoms with van der Waals surface area (Å²) >= 11 is 6.71. The Morgan fingerprint density at radius 1 is 1.28 bits per heavy atom. The Bertz CT molecular complexity index is 573. The summed E-state index contributed by atoms with van der Waals surface area (Å²) in [5.41, 5.74) is 0.0731. The molecule has 1 unspecified atom stereocenters. The minimum Gasteiger partial charge on any atom is -0.311 e. The lowest BCUT2D eigenvalue weighted by Crippen LogP contribution is -2.11. The normalized spacial score (nSPS) is 12.7. The highest BCUT2D eigenvalue weighted by molar-refractivity contribution is 7.14. The summed E-state index contributed by atoms with van der Waals surface area (Å²) in [6.45, 7) is 1.91. The summed E-state index contributed by atoms with van der Waals surface area (Å²) < 4.78 is 27.0. The Kier molecular flexibility index (Phi) is 3.89. The van der Waals surface area contributed by atoms with Crippen LogP contribution in [0.4, 0.5) is 8.78 Å². The number of rotatable bonds is 3. The number of nitrogens with zero attached hydrogens (tertiary/aromatic N) is 2. The van der Waals surface area contributed by atoms with Gasteiger partial charge in [-0.2, -0.15) is 0 Å². The topological polar surface area (TPSA) is 37.8 Å². The third-order valence-electron chi connectivity index (χ3n) is 2.48. The van der Waals surface area contributed by atoms with Crippen molar-refractivity contribution >= 4 is 22.9 Å². The maximum absolute atomic E-state index is 13.7. The van der Waals surface area contributed by atoms with Gasteiger partial charge in [0.15, 0.2) is 5.01 Å². The molecule has 0 aliphatic heterocycles. The van der Waals surface area contributed by atoms with Gasteiger partial charge in [-0.3, -0.25) is 0 Å². The summed E-state index contributed by atoms with van der Waals surface area (Å²) in [6.07, 6.45) is 0. The second kappa shape index (κ2) is 5.26. The molecule has 0 aliphatic carbocycles. The highest BCUT2D eigenvalue weighted by atomic mass is 35.5. The van der Waals surface area contributed by atoms with Gasteiger partial charge in [0.25, 0.3) is 0 Å². The van der Waals surface area contributed by atoms with E-state index in [1.807, 2.05) is 6.92 Å². The molecule has 1 atom stereocenters. The zero-order valence-corrected chi connectivity index (χ0v) is 11.2. The van der Waals surface area contributed by atoms with Gasteiger partial charge < -0.3 is 5.32 Å². The van der Waals surface area contributed by atoms with E-state index in [9.17, 15) is 8.78 Å². The fraction of sp³-hybridized carbons (Fsp3) is 0.273. The Hall–Kier alpha value is -1.11. The van der Waals surface area contributed by atoms with Crippen molar-refractivity contribution in [2.24, 2.45) is 0 Å². The Labute approximate surface area is 112 Å². The van der Waals surface area contributed by atoms with Crippen molar-refractivity contribution in [2.45, 2.75) is 13.0 Å². The average Bonchev–Trinajstić information content (AvgIpc) is 2.82. The first-order chi connectivity index (χ1) is 8.52. The molecule has 7 heteroatoms. The van der Waals surface area contributed by atoms with Gasteiger partial charge in [0.2, 0.25) is 0 Å². The van der Waals surface area contributed by atoms with Gasteiger partial charge in [-0.05, 0) is 26.1 Å². The van der Waals surface area contributed by atoms with Crippen LogP contribution in [0.25, 0.3) is 10.6 Å². The quantitative estimate of drug-likeness (QED) is 0.880. The monoisotopic (exact) mass is 289 g/mol. The molecule has 0 aliphatic rings. The van der Waals surface area contributed by atoms with Gasteiger partial charge in [-0.25, -0.2) is 8.78 Å². The highest BCUT2D eigenvalue weighted by Crippen LogP contribution is 2.31. The number of hydrogen-bond acceptors (Lipinski definition) is 4. The Morgan fingerprint density at radius 3 is 2.67 bits per heavy atom. The van der Waals surface area contributed by atoms with Gasteiger partial charge in [0.05, 0.1) is 16.6 Å². The van der Waals surface area contributed by atoms with Crippen LogP contribution in [0.3, 0.4) is 0 Å². The molecule has 0 bridgehead atoms. The van der Waals surface area contributed by atoms with Crippen molar-refractivity contribution in [3.8, 4) is 10.6 Å². The SMILES string of the molecule is CNC(C)c1nnc(-c2cc(F)c(Cl)cc2F)s1. The molecule has 0 amide bonds. The number of aromatic nitrogens is 2. The van der Waals surface area contributed by atoms with Crippen LogP contribution < -0.4 is 5.32 Å². The minimum absolute atomic E-state index is 0.0106. The molecule has 2 aromatic rings. The van der Waals surface area contributed by atoms with Crippen LogP contribution >= 0.6 is 22.9 Å². The van der Waals surface area contributed by atoms with Crippen LogP contribution in [0, 0.1) is 11.6 Å². The molecular weight excluding hydrogens is 280 g/mol. The summed E-state index contributed by atoms with van der Waals surface area (Å²) in [5, 5.41) is 11.6. The molecule has 2 rings (SSSR count). The van der Waals surface area contributed by atoms with Crippen molar-refractivity contribution in [2.75, 3.05) is 7.05 Å². The molecular formula is C11H10ClF2N3S. The largest absolute Gasteiger partial charge is 0.311 e. The van der Waals surface area contributed by atoms with Crippen LogP contribution in [-0.2, 0) is 0 Å². The van der Waals surface area contributed by atoms with Crippen molar-refractivity contribution in [1.29, 1.82) is 0 Å². The molecule has 0 saturated carbocycles. The molecule has 1 aromatic heterocycles. The molecule has 0 spiro atoms. The Balaban J connectivity index is 2.43. The minimum atomic E-state index is -0.675. The summed E-state index contributed by atoms with van der Waals surface area (Å²) in [4.78, 5) is 0. The predicted octanol–water partition coefficient (Wildman–Crippen LogP) is 3.42. The first kappa shape index (κ1) is 13.3. The van der Waals surface area contributed by atoms with Crippen LogP contribution in [0.5, 0.6) is 0 Å². The second-order valence-corrected chi connectivity index (χ2v) is 5.12. The highest BCUT2D eigenvalue weighted by Gasteiger charge is 2.16. The third kappa shape index (κ3) is 2.50. The van der Waals surface area contributed by atoms with E-state index in [0.717, 1.165) is 12.1 Å². The van der Waals surface area contributed by atoms with E-state index < -0.39 is 11.6 Å². The lowest BCUT2D eigenvalue weighted by atomic mass is 10.2. The lowest BCUT2D eigenvalue weighted by molar-refractivity contribution is 0.603. The summed E-state index contributed by atoms with van der Waals surface area (Å²) in [7, 11) is 1.79. The van der Waals surface area contributed by atoms with Gasteiger partial charge in [0.1, 0.15) is 16.6 Å². The second-order valence-electron chi connectivity index (χ2n) is 3.70. The van der Waals surface area contributed by atoms with E-state index in [4.69, 9.17) is 11.6 Å². The maximum Gasteiger partial charge on any atom is 0.150 e. The number of halogens is 3. The molecule has 96 valence electrons. The van der Waals surface area contributed by atoms with Gasteiger partial charge in [-0.15, -0.1) is 10.2 Å². The van der Waals surface area contributed by atoms with Crippen LogP contribution in [0.1, 0.15) is 18.0 Å². The van der Waals surface area contributed by atoms with E-state index in [-0.39, 0.29) is 16.6 Å². The maximum atomic E-state index is 13.7. The van der Waals surface area contributed by atoms with E-state index in [2.05, 4.69) is 15.5 Å². The van der Waals surface area contributed by atoms with Crippen molar-refractivity contribution in [1.82, 2.24) is 15.5 Å². The van der Waals surface area contributed by atoms with Gasteiger partial charge >= 0.3 is 0 Å². The van der Waals surface area contributed by atoms with E-state index >= 15 is 0 Å². The molecule has 1 heterocycles. The van der Waals surface area contributed by atoms with Gasteiger partial charge in [0, 0.05) is 0 Å². The molecule has 1 N–H and O–H groups in total. The standard InChI is InChI=1S/C11H10ClF2N3S/c1-5(15-2)10-16-17-11(18-10)6-3-9(14)7(12)4-8(6)13/h3-5,15H,1-2H3. The smallest absolute Gasteiger partial charge is 0.150 e. The molecule has 0 radical (unpaired) electrons. The first-order valence-electron chi connectivity index (χ1n) is 5.18. The van der Waals surface area contributed by atoms with Crippen LogP contribution in [0.2, 0.25) is 5.02 Å². The number of nitrogens with one attached hydrogen (secondary N) is 1. The lowest BCUT2D eigenvalue weighted by Gasteiger charge is -2.03. The summed E-state index contributed by atoms with van der Waals surface area (Å²) in [6, 6.07) is 1.98. The summed E-state index contributed by atoms with van der Waals surface area (Å²) in [5.74, 6) is -1.28. The van der Waals surface area contributed by atoms with E-state index in [1.54, 1.807) is 7.05 Å². The molecule has 1 aromatic carbocycles. The van der Waals surface area contributed by atoms with Crippen LogP contribution in [-0.4, -0.2) is 17.2 Å². The number of benzene rings is 1. The van der Waals surface area contributed by atoms with Crippen molar-refractivity contribution in [3.63, 3.8) is 0 Å². The average molecular weight is 290 g/mol. The predicted molar refractivity (Wildman–Crippen MR) is 67.7 cm³/mol.